The molecule has 3 amide bonds. The van der Waals surface area contributed by atoms with Crippen LogP contribution >= 0.6 is 11.6 Å². The van der Waals surface area contributed by atoms with E-state index in [1.165, 1.54) is 37.5 Å². The van der Waals surface area contributed by atoms with E-state index < -0.39 is 30.2 Å². The van der Waals surface area contributed by atoms with E-state index in [-0.39, 0.29) is 19.0 Å². The van der Waals surface area contributed by atoms with Crippen molar-refractivity contribution in [2.75, 3.05) is 66.3 Å². The number of methoxy groups -OCH3 is 3. The largest absolute Gasteiger partial charge is 0.493 e. The molecule has 0 radical (unpaired) electrons. The van der Waals surface area contributed by atoms with Gasteiger partial charge in [0.15, 0.2) is 11.5 Å². The van der Waals surface area contributed by atoms with Crippen LogP contribution in [0, 0.1) is 5.92 Å². The number of amides is 3. The Kier molecular flexibility index (Phi) is 13.4. The molecular formula is C40H47ClN4O10. The number of anilines is 1. The average molecular weight is 779 g/mol. The molecule has 1 aliphatic heterocycles. The van der Waals surface area contributed by atoms with Gasteiger partial charge in [0.2, 0.25) is 5.75 Å². The number of alkyl halides is 1. The van der Waals surface area contributed by atoms with Crippen molar-refractivity contribution < 1.29 is 48.0 Å². The maximum atomic E-state index is 14.1. The Balaban J connectivity index is 0.00000285. The molecule has 6 rings (SSSR count). The molecule has 1 aliphatic carbocycles. The minimum atomic E-state index is -0.841. The number of rotatable bonds is 10. The van der Waals surface area contributed by atoms with Crippen LogP contribution in [0.3, 0.4) is 0 Å². The molecule has 2 atom stereocenters. The number of fused-ring (bicyclic) bond motifs is 4. The number of carbonyl (C=O) groups is 4. The summed E-state index contributed by atoms with van der Waals surface area (Å²) in [7, 11) is 7.72. The lowest BCUT2D eigenvalue weighted by atomic mass is 9.93. The second kappa shape index (κ2) is 18.1. The van der Waals surface area contributed by atoms with E-state index in [0.29, 0.717) is 83.9 Å². The molecule has 0 saturated carbocycles. The fraction of sp³-hybridized carbons (Fsp3) is 0.400. The highest BCUT2D eigenvalue weighted by molar-refractivity contribution is 6.15. The van der Waals surface area contributed by atoms with E-state index in [0.717, 1.165) is 16.3 Å². The minimum Gasteiger partial charge on any atom is -0.493 e. The van der Waals surface area contributed by atoms with Crippen molar-refractivity contribution in [3.8, 4) is 23.0 Å². The van der Waals surface area contributed by atoms with Crippen LogP contribution in [0.15, 0.2) is 54.6 Å². The first-order valence-electron chi connectivity index (χ1n) is 17.8. The van der Waals surface area contributed by atoms with Gasteiger partial charge in [-0.2, -0.15) is 0 Å². The number of nitrogens with one attached hydrogen (secondary N) is 1. The molecule has 1 aromatic heterocycles. The fourth-order valence-electron chi connectivity index (χ4n) is 6.91. The predicted octanol–water partition coefficient (Wildman–Crippen LogP) is 7.10. The maximum absolute atomic E-state index is 14.1. The molecule has 15 heteroatoms. The summed E-state index contributed by atoms with van der Waals surface area (Å²) in [4.78, 5) is 59.4. The lowest BCUT2D eigenvalue weighted by Crippen LogP contribution is -2.39. The van der Waals surface area contributed by atoms with E-state index in [9.17, 15) is 24.3 Å². The van der Waals surface area contributed by atoms with Crippen LogP contribution in [0.2, 0.25) is 0 Å². The maximum Gasteiger partial charge on any atom is 0.415 e. The Labute approximate surface area is 324 Å². The summed E-state index contributed by atoms with van der Waals surface area (Å²) in [5.74, 6) is 0.0107. The lowest BCUT2D eigenvalue weighted by molar-refractivity contribution is -0.142. The van der Waals surface area contributed by atoms with Crippen molar-refractivity contribution in [1.29, 1.82) is 0 Å². The number of H-pyrrole nitrogens is 1. The van der Waals surface area contributed by atoms with Crippen LogP contribution in [0.1, 0.15) is 41.7 Å². The molecule has 14 nitrogen and oxygen atoms in total. The summed E-state index contributed by atoms with van der Waals surface area (Å²) in [6, 6.07) is 12.8. The Morgan fingerprint density at radius 2 is 1.56 bits per heavy atom. The van der Waals surface area contributed by atoms with Crippen LogP contribution in [0.5, 0.6) is 23.0 Å². The monoisotopic (exact) mass is 778 g/mol. The summed E-state index contributed by atoms with van der Waals surface area (Å²) >= 11 is 4.64. The summed E-state index contributed by atoms with van der Waals surface area (Å²) < 4.78 is 28.2. The zero-order valence-electron chi connectivity index (χ0n) is 31.8. The first kappa shape index (κ1) is 40.6. The third kappa shape index (κ3) is 8.69. The van der Waals surface area contributed by atoms with Gasteiger partial charge in [-0.1, -0.05) is 30.3 Å². The van der Waals surface area contributed by atoms with Crippen LogP contribution < -0.4 is 23.8 Å². The first-order chi connectivity index (χ1) is 26.5. The second-order valence-electron chi connectivity index (χ2n) is 13.2. The number of ether oxygens (including phenoxy) is 5. The number of likely N-dealkylation sites (N-methyl/N-ethyl adjacent to an activating group) is 2. The number of aliphatic carboxylic acids is 1. The highest BCUT2D eigenvalue weighted by atomic mass is 35.5. The number of halogens is 1. The van der Waals surface area contributed by atoms with Crippen molar-refractivity contribution in [3.05, 3.63) is 65.9 Å². The van der Waals surface area contributed by atoms with Gasteiger partial charge in [-0.05, 0) is 61.3 Å². The molecule has 0 bridgehead atoms. The smallest absolute Gasteiger partial charge is 0.415 e. The predicted molar refractivity (Wildman–Crippen MR) is 209 cm³/mol. The van der Waals surface area contributed by atoms with E-state index in [1.54, 1.807) is 43.3 Å². The number of aromatic nitrogens is 1. The number of benzene rings is 3. The molecule has 0 spiro atoms. The SMILES string of the molecule is CCl.COc1cc2cc(C(=O)N3CCc4c3cc(OC(=O)N(C)CCN(C)C(=O)OC3/C=C/CC[C@H](C(=O)O)CC3)c3ccccc43)[nH]c2c(OC)c1OC. The third-order valence-electron chi connectivity index (χ3n) is 9.89. The first-order valence-corrected chi connectivity index (χ1v) is 18.6. The minimum absolute atomic E-state index is 0.152. The summed E-state index contributed by atoms with van der Waals surface area (Å²) in [6.07, 6.45) is 5.99. The number of carboxylic acid groups (broad SMARTS) is 1. The normalized spacial score (nSPS) is 16.8. The van der Waals surface area contributed by atoms with Crippen molar-refractivity contribution in [2.24, 2.45) is 5.92 Å². The van der Waals surface area contributed by atoms with Crippen LogP contribution in [0.25, 0.3) is 21.7 Å². The molecular weight excluding hydrogens is 732 g/mol. The van der Waals surface area contributed by atoms with Crippen molar-refractivity contribution in [1.82, 2.24) is 14.8 Å². The number of hydrogen-bond donors (Lipinski definition) is 2. The van der Waals surface area contributed by atoms with E-state index in [2.05, 4.69) is 16.6 Å². The van der Waals surface area contributed by atoms with E-state index in [4.69, 9.17) is 23.7 Å². The topological polar surface area (TPSA) is 160 Å². The van der Waals surface area contributed by atoms with Gasteiger partial charge in [-0.25, -0.2) is 9.59 Å². The Morgan fingerprint density at radius 1 is 0.873 bits per heavy atom. The zero-order valence-corrected chi connectivity index (χ0v) is 32.6. The Bertz CT molecular complexity index is 2080. The molecule has 0 fully saturated rings. The van der Waals surface area contributed by atoms with Gasteiger partial charge in [0.05, 0.1) is 38.5 Å². The fourth-order valence-corrected chi connectivity index (χ4v) is 6.91. The van der Waals surface area contributed by atoms with Gasteiger partial charge in [0.25, 0.3) is 5.91 Å². The van der Waals surface area contributed by atoms with Gasteiger partial charge in [-0.15, -0.1) is 11.6 Å². The average Bonchev–Trinajstić information content (AvgIpc) is 3.82. The lowest BCUT2D eigenvalue weighted by Gasteiger charge is -2.25. The molecule has 3 aromatic carbocycles. The van der Waals surface area contributed by atoms with Crippen molar-refractivity contribution in [2.45, 2.75) is 38.2 Å². The highest BCUT2D eigenvalue weighted by Gasteiger charge is 2.31. The van der Waals surface area contributed by atoms with Crippen LogP contribution in [-0.4, -0.2) is 111 Å². The Morgan fingerprint density at radius 3 is 2.24 bits per heavy atom. The summed E-state index contributed by atoms with van der Waals surface area (Å²) in [6.45, 7) is 0.742. The van der Waals surface area contributed by atoms with Gasteiger partial charge >= 0.3 is 18.2 Å². The number of carboxylic acids is 1. The van der Waals surface area contributed by atoms with Gasteiger partial charge in [0.1, 0.15) is 17.5 Å². The van der Waals surface area contributed by atoms with Gasteiger partial charge in [0, 0.05) is 57.0 Å². The van der Waals surface area contributed by atoms with Crippen molar-refractivity contribution >= 4 is 63.0 Å². The van der Waals surface area contributed by atoms with Gasteiger partial charge in [-0.3, -0.25) is 9.59 Å². The zero-order chi connectivity index (χ0) is 39.8. The highest BCUT2D eigenvalue weighted by Crippen LogP contribution is 2.44. The second-order valence-corrected chi connectivity index (χ2v) is 13.2. The molecule has 2 heterocycles. The molecule has 2 aliphatic rings. The van der Waals surface area contributed by atoms with Gasteiger partial charge < -0.3 is 48.5 Å². The van der Waals surface area contributed by atoms with E-state index >= 15 is 0 Å². The number of hydrogen-bond acceptors (Lipinski definition) is 9. The molecule has 55 heavy (non-hydrogen) atoms. The number of nitrogens with zero attached hydrogens (tertiary/aromatic N) is 3. The molecule has 294 valence electrons. The summed E-state index contributed by atoms with van der Waals surface area (Å²) in [5.41, 5.74) is 2.54. The van der Waals surface area contributed by atoms with Crippen LogP contribution in [0.4, 0.5) is 15.3 Å². The van der Waals surface area contributed by atoms with E-state index in [1.807, 2.05) is 30.3 Å². The number of allylic oxidation sites excluding steroid dienone is 1. The third-order valence-corrected chi connectivity index (χ3v) is 9.89. The molecule has 4 aromatic rings. The molecule has 2 N–H and O–H groups in total. The number of aromatic amines is 1. The van der Waals surface area contributed by atoms with Crippen LogP contribution in [-0.2, 0) is 16.0 Å². The summed E-state index contributed by atoms with van der Waals surface area (Å²) in [5, 5.41) is 11.7. The van der Waals surface area contributed by atoms with Crippen molar-refractivity contribution in [3.63, 3.8) is 0 Å². The Hall–Kier alpha value is -5.63. The molecule has 0 saturated heterocycles. The quantitative estimate of drug-likeness (QED) is 0.126. The molecule has 1 unspecified atom stereocenters. The number of carbonyl (C=O) groups excluding carboxylic acids is 3. The standard InChI is InChI=1S/C39H44N4O10.CH3Cl/c1-41(38(47)52-25-11-7-6-10-23(14-15-25)37(45)46)18-19-42(2)39(48)53-31-22-30-27(26-12-8-9-13-28(26)31)16-17-43(30)36(44)29-20-24-21-32(49-3)34(50-4)35(51-5)33(24)40-29;1-2/h7-9,11-13,20-23,25,40H,6,10,14-19H2,1-5H3,(H,45,46);1H3/b11-7+;/t23-,25?;/m0./s1.